The summed E-state index contributed by atoms with van der Waals surface area (Å²) in [6.45, 7) is 4.56. The van der Waals surface area contributed by atoms with Crippen molar-refractivity contribution in [2.24, 2.45) is 0 Å². The molecule has 0 aromatic heterocycles. The van der Waals surface area contributed by atoms with Crippen LogP contribution in [-0.2, 0) is 9.57 Å². The van der Waals surface area contributed by atoms with Crippen LogP contribution in [0.15, 0.2) is 30.3 Å². The molecule has 0 fully saturated rings. The van der Waals surface area contributed by atoms with Gasteiger partial charge in [-0.3, -0.25) is 4.84 Å². The number of para-hydroxylation sites is 1. The van der Waals surface area contributed by atoms with Crippen LogP contribution >= 0.6 is 0 Å². The number of nitrogens with zero attached hydrogens (tertiary/aromatic N) is 1. The number of carbonyl (C=O) groups excluding carboxylic acids is 1. The van der Waals surface area contributed by atoms with E-state index >= 15 is 0 Å². The summed E-state index contributed by atoms with van der Waals surface area (Å²) in [5.41, 5.74) is 0.675. The maximum Gasteiger partial charge on any atom is 0.438 e. The van der Waals surface area contributed by atoms with Gasteiger partial charge in [0.2, 0.25) is 0 Å². The number of anilines is 1. The molecule has 0 bridgehead atoms. The van der Waals surface area contributed by atoms with E-state index in [1.807, 2.05) is 25.1 Å². The molecular formula is C12H17NO3. The molecule has 0 saturated carbocycles. The van der Waals surface area contributed by atoms with Crippen LogP contribution in [0, 0.1) is 0 Å². The number of rotatable bonds is 5. The van der Waals surface area contributed by atoms with Gasteiger partial charge in [-0.15, -0.1) is 0 Å². The first-order valence-electron chi connectivity index (χ1n) is 5.44. The van der Waals surface area contributed by atoms with Crippen molar-refractivity contribution in [2.45, 2.75) is 20.3 Å². The van der Waals surface area contributed by atoms with Gasteiger partial charge in [0.15, 0.2) is 0 Å². The Morgan fingerprint density at radius 2 is 1.94 bits per heavy atom. The molecule has 1 rings (SSSR count). The second-order valence-corrected chi connectivity index (χ2v) is 3.16. The second-order valence-electron chi connectivity index (χ2n) is 3.16. The minimum Gasteiger partial charge on any atom is -0.448 e. The quantitative estimate of drug-likeness (QED) is 0.720. The predicted molar refractivity (Wildman–Crippen MR) is 62.2 cm³/mol. The van der Waals surface area contributed by atoms with Gasteiger partial charge in [-0.25, -0.2) is 4.79 Å². The zero-order valence-corrected chi connectivity index (χ0v) is 9.68. The normalized spacial score (nSPS) is 9.88. The summed E-state index contributed by atoms with van der Waals surface area (Å²) in [4.78, 5) is 17.0. The number of carbonyl (C=O) groups is 1. The van der Waals surface area contributed by atoms with Gasteiger partial charge in [0, 0.05) is 0 Å². The maximum atomic E-state index is 11.6. The average Bonchev–Trinajstić information content (AvgIpc) is 2.31. The standard InChI is InChI=1S/C12H17NO3/c1-3-10-16-13(12(14)15-4-2)11-8-6-5-7-9-11/h5-9H,3-4,10H2,1-2H3. The zero-order valence-electron chi connectivity index (χ0n) is 9.68. The number of amides is 1. The summed E-state index contributed by atoms with van der Waals surface area (Å²) in [7, 11) is 0. The van der Waals surface area contributed by atoms with Crippen LogP contribution in [0.5, 0.6) is 0 Å². The van der Waals surface area contributed by atoms with E-state index in [-0.39, 0.29) is 0 Å². The van der Waals surface area contributed by atoms with Gasteiger partial charge >= 0.3 is 6.09 Å². The van der Waals surface area contributed by atoms with Crippen LogP contribution in [0.2, 0.25) is 0 Å². The van der Waals surface area contributed by atoms with Gasteiger partial charge in [0.25, 0.3) is 0 Å². The van der Waals surface area contributed by atoms with Gasteiger partial charge in [-0.2, -0.15) is 5.06 Å². The number of ether oxygens (including phenoxy) is 1. The molecule has 0 atom stereocenters. The molecule has 0 aliphatic heterocycles. The summed E-state index contributed by atoms with van der Waals surface area (Å²) in [5.74, 6) is 0. The molecule has 0 N–H and O–H groups in total. The third-order valence-corrected chi connectivity index (χ3v) is 1.85. The van der Waals surface area contributed by atoms with E-state index < -0.39 is 6.09 Å². The van der Waals surface area contributed by atoms with E-state index in [1.54, 1.807) is 19.1 Å². The van der Waals surface area contributed by atoms with E-state index in [2.05, 4.69) is 0 Å². The van der Waals surface area contributed by atoms with E-state index in [9.17, 15) is 4.79 Å². The van der Waals surface area contributed by atoms with Crippen molar-refractivity contribution in [3.63, 3.8) is 0 Å². The minimum absolute atomic E-state index is 0.331. The second kappa shape index (κ2) is 6.85. The fourth-order valence-corrected chi connectivity index (χ4v) is 1.16. The van der Waals surface area contributed by atoms with Crippen LogP contribution < -0.4 is 5.06 Å². The zero-order chi connectivity index (χ0) is 11.8. The summed E-state index contributed by atoms with van der Waals surface area (Å²) >= 11 is 0. The average molecular weight is 223 g/mol. The molecule has 0 unspecified atom stereocenters. The molecule has 4 nitrogen and oxygen atoms in total. The number of benzene rings is 1. The summed E-state index contributed by atoms with van der Waals surface area (Å²) < 4.78 is 4.92. The largest absolute Gasteiger partial charge is 0.448 e. The lowest BCUT2D eigenvalue weighted by atomic mass is 10.3. The lowest BCUT2D eigenvalue weighted by Gasteiger charge is -2.20. The van der Waals surface area contributed by atoms with E-state index in [4.69, 9.17) is 9.57 Å². The highest BCUT2D eigenvalue weighted by Crippen LogP contribution is 2.15. The molecule has 0 spiro atoms. The lowest BCUT2D eigenvalue weighted by Crippen LogP contribution is -2.32. The van der Waals surface area contributed by atoms with E-state index in [1.165, 1.54) is 5.06 Å². The molecule has 0 saturated heterocycles. The van der Waals surface area contributed by atoms with Gasteiger partial charge in [0.1, 0.15) is 0 Å². The van der Waals surface area contributed by atoms with Crippen molar-refractivity contribution >= 4 is 11.8 Å². The third kappa shape index (κ3) is 3.55. The smallest absolute Gasteiger partial charge is 0.438 e. The molecule has 1 aromatic rings. The number of hydrogen-bond donors (Lipinski definition) is 0. The Morgan fingerprint density at radius 1 is 1.25 bits per heavy atom. The fourth-order valence-electron chi connectivity index (χ4n) is 1.16. The third-order valence-electron chi connectivity index (χ3n) is 1.85. The SMILES string of the molecule is CCCON(C(=O)OCC)c1ccccc1. The fraction of sp³-hybridized carbons (Fsp3) is 0.417. The van der Waals surface area contributed by atoms with Crippen molar-refractivity contribution in [2.75, 3.05) is 18.3 Å². The number of hydrogen-bond acceptors (Lipinski definition) is 3. The molecule has 0 radical (unpaired) electrons. The Hall–Kier alpha value is -1.55. The van der Waals surface area contributed by atoms with Crippen molar-refractivity contribution < 1.29 is 14.4 Å². The summed E-state index contributed by atoms with van der Waals surface area (Å²) in [5, 5.41) is 1.19. The van der Waals surface area contributed by atoms with E-state index in [0.717, 1.165) is 6.42 Å². The van der Waals surface area contributed by atoms with Crippen molar-refractivity contribution in [3.05, 3.63) is 30.3 Å². The Kier molecular flexibility index (Phi) is 5.36. The van der Waals surface area contributed by atoms with Crippen LogP contribution in [0.25, 0.3) is 0 Å². The Morgan fingerprint density at radius 3 is 2.50 bits per heavy atom. The molecule has 16 heavy (non-hydrogen) atoms. The van der Waals surface area contributed by atoms with E-state index in [0.29, 0.717) is 18.9 Å². The lowest BCUT2D eigenvalue weighted by molar-refractivity contribution is 0.0776. The maximum absolute atomic E-state index is 11.6. The predicted octanol–water partition coefficient (Wildman–Crippen LogP) is 2.99. The molecule has 1 amide bonds. The molecule has 4 heteroatoms. The topological polar surface area (TPSA) is 38.8 Å². The minimum atomic E-state index is -0.484. The van der Waals surface area contributed by atoms with Gasteiger partial charge in [-0.05, 0) is 25.5 Å². The van der Waals surface area contributed by atoms with Crippen molar-refractivity contribution in [3.8, 4) is 0 Å². The van der Waals surface area contributed by atoms with Crippen LogP contribution in [-0.4, -0.2) is 19.3 Å². The first-order valence-corrected chi connectivity index (χ1v) is 5.44. The Bertz CT molecular complexity index is 313. The Labute approximate surface area is 95.7 Å². The molecule has 0 heterocycles. The monoisotopic (exact) mass is 223 g/mol. The highest BCUT2D eigenvalue weighted by molar-refractivity contribution is 5.85. The van der Waals surface area contributed by atoms with Gasteiger partial charge < -0.3 is 4.74 Å². The molecule has 88 valence electrons. The summed E-state index contributed by atoms with van der Waals surface area (Å²) in [6, 6.07) is 9.17. The van der Waals surface area contributed by atoms with Crippen LogP contribution in [0.3, 0.4) is 0 Å². The van der Waals surface area contributed by atoms with Crippen molar-refractivity contribution in [1.82, 2.24) is 0 Å². The molecular weight excluding hydrogens is 206 g/mol. The van der Waals surface area contributed by atoms with Crippen LogP contribution in [0.4, 0.5) is 10.5 Å². The summed E-state index contributed by atoms with van der Waals surface area (Å²) in [6.07, 6.45) is 0.352. The molecule has 1 aromatic carbocycles. The van der Waals surface area contributed by atoms with Gasteiger partial charge in [-0.1, -0.05) is 25.1 Å². The van der Waals surface area contributed by atoms with Gasteiger partial charge in [0.05, 0.1) is 18.9 Å². The molecule has 0 aliphatic rings. The first-order chi connectivity index (χ1) is 7.79. The van der Waals surface area contributed by atoms with Crippen LogP contribution in [0.1, 0.15) is 20.3 Å². The highest BCUT2D eigenvalue weighted by Gasteiger charge is 2.17. The highest BCUT2D eigenvalue weighted by atomic mass is 16.7. The van der Waals surface area contributed by atoms with Crippen molar-refractivity contribution in [1.29, 1.82) is 0 Å². The Balaban J connectivity index is 2.74. The first kappa shape index (κ1) is 12.5. The molecule has 0 aliphatic carbocycles. The number of hydroxylamine groups is 1.